The summed E-state index contributed by atoms with van der Waals surface area (Å²) >= 11 is 0. The molecule has 0 bridgehead atoms. The van der Waals surface area contributed by atoms with Crippen molar-refractivity contribution in [3.8, 4) is 0 Å². The van der Waals surface area contributed by atoms with Crippen LogP contribution in [0.2, 0.25) is 0 Å². The van der Waals surface area contributed by atoms with Crippen LogP contribution < -0.4 is 0 Å². The molecule has 3 rings (SSSR count). The molecule has 1 aliphatic rings. The van der Waals surface area contributed by atoms with Gasteiger partial charge in [0.25, 0.3) is 0 Å². The lowest BCUT2D eigenvalue weighted by Gasteiger charge is -2.33. The molecule has 0 aliphatic carbocycles. The first-order valence-electron chi connectivity index (χ1n) is 6.42. The molecule has 0 N–H and O–H groups in total. The molecule has 1 saturated heterocycles. The van der Waals surface area contributed by atoms with Gasteiger partial charge in [-0.05, 0) is 17.7 Å². The summed E-state index contributed by atoms with van der Waals surface area (Å²) in [4.78, 5) is 11.7. The Bertz CT molecular complexity index is 562. The second-order valence-electron chi connectivity index (χ2n) is 4.61. The molecule has 0 radical (unpaired) electrons. The first kappa shape index (κ1) is 12.5. The molecular formula is C17H14O3. The van der Waals surface area contributed by atoms with E-state index in [-0.39, 0.29) is 11.9 Å². The number of ether oxygens (including phenoxy) is 2. The lowest BCUT2D eigenvalue weighted by Crippen LogP contribution is -2.28. The summed E-state index contributed by atoms with van der Waals surface area (Å²) in [5, 5.41) is 0. The zero-order valence-corrected chi connectivity index (χ0v) is 10.9. The van der Waals surface area contributed by atoms with Gasteiger partial charge >= 0.3 is 5.97 Å². The molecule has 0 aromatic heterocycles. The highest BCUT2D eigenvalue weighted by Crippen LogP contribution is 2.40. The molecule has 0 saturated carbocycles. The fraction of sp³-hybridized carbons (Fsp3) is 0.118. The molecule has 2 atom stereocenters. The number of carbonyl (C=O) groups is 1. The summed E-state index contributed by atoms with van der Waals surface area (Å²) in [6, 6.07) is 19.3. The molecule has 100 valence electrons. The predicted molar refractivity (Wildman–Crippen MR) is 74.7 cm³/mol. The quantitative estimate of drug-likeness (QED) is 0.616. The van der Waals surface area contributed by atoms with E-state index >= 15 is 0 Å². The van der Waals surface area contributed by atoms with Gasteiger partial charge in [-0.2, -0.15) is 0 Å². The van der Waals surface area contributed by atoms with Crippen LogP contribution in [0.25, 0.3) is 0 Å². The summed E-state index contributed by atoms with van der Waals surface area (Å²) in [7, 11) is 0. The van der Waals surface area contributed by atoms with Crippen molar-refractivity contribution in [2.75, 3.05) is 0 Å². The van der Waals surface area contributed by atoms with E-state index in [1.54, 1.807) is 0 Å². The molecule has 3 nitrogen and oxygen atoms in total. The van der Waals surface area contributed by atoms with Crippen LogP contribution in [-0.4, -0.2) is 5.97 Å². The van der Waals surface area contributed by atoms with E-state index < -0.39 is 12.1 Å². The average Bonchev–Trinajstić information content (AvgIpc) is 2.51. The second kappa shape index (κ2) is 5.21. The minimum Gasteiger partial charge on any atom is -0.474 e. The van der Waals surface area contributed by atoms with Gasteiger partial charge in [-0.3, -0.25) is 0 Å². The number of hydrogen-bond donors (Lipinski definition) is 0. The molecule has 2 unspecified atom stereocenters. The Hall–Kier alpha value is -2.55. The first-order valence-corrected chi connectivity index (χ1v) is 6.42. The van der Waals surface area contributed by atoms with Crippen LogP contribution in [0.15, 0.2) is 73.0 Å². The average molecular weight is 266 g/mol. The zero-order chi connectivity index (χ0) is 13.9. The fourth-order valence-electron chi connectivity index (χ4n) is 2.28. The minimum absolute atomic E-state index is 0.0473. The maximum atomic E-state index is 11.7. The van der Waals surface area contributed by atoms with Crippen LogP contribution >= 0.6 is 0 Å². The summed E-state index contributed by atoms with van der Waals surface area (Å²) < 4.78 is 11.2. The van der Waals surface area contributed by atoms with E-state index in [0.717, 1.165) is 11.1 Å². The van der Waals surface area contributed by atoms with Gasteiger partial charge in [-0.15, -0.1) is 0 Å². The Morgan fingerprint density at radius 3 is 1.70 bits per heavy atom. The van der Waals surface area contributed by atoms with Crippen molar-refractivity contribution in [3.63, 3.8) is 0 Å². The summed E-state index contributed by atoms with van der Waals surface area (Å²) in [5.74, 6) is -0.461. The minimum atomic E-state index is -0.508. The van der Waals surface area contributed by atoms with E-state index in [9.17, 15) is 4.79 Å². The lowest BCUT2D eigenvalue weighted by molar-refractivity contribution is -0.171. The Kier molecular flexibility index (Phi) is 3.25. The number of esters is 1. The number of benzene rings is 2. The van der Waals surface area contributed by atoms with E-state index in [0.29, 0.717) is 0 Å². The molecule has 1 heterocycles. The molecular weight excluding hydrogens is 252 g/mol. The number of carbonyl (C=O) groups excluding carboxylic acids is 1. The van der Waals surface area contributed by atoms with Crippen molar-refractivity contribution in [2.24, 2.45) is 0 Å². The van der Waals surface area contributed by atoms with Crippen molar-refractivity contribution in [1.82, 2.24) is 0 Å². The van der Waals surface area contributed by atoms with E-state index in [2.05, 4.69) is 6.58 Å². The van der Waals surface area contributed by atoms with Gasteiger partial charge in [0.1, 0.15) is 0 Å². The number of hydrogen-bond acceptors (Lipinski definition) is 3. The third-order valence-corrected chi connectivity index (χ3v) is 3.26. The summed E-state index contributed by atoms with van der Waals surface area (Å²) in [6.45, 7) is 3.60. The van der Waals surface area contributed by atoms with Gasteiger partial charge in [0.2, 0.25) is 0 Å². The number of rotatable bonds is 2. The normalized spacial score (nSPS) is 22.0. The van der Waals surface area contributed by atoms with Crippen LogP contribution in [0.5, 0.6) is 0 Å². The van der Waals surface area contributed by atoms with E-state index in [4.69, 9.17) is 9.47 Å². The molecule has 0 spiro atoms. The second-order valence-corrected chi connectivity index (χ2v) is 4.61. The third-order valence-electron chi connectivity index (χ3n) is 3.26. The summed E-state index contributed by atoms with van der Waals surface area (Å²) in [6.07, 6.45) is -0.833. The van der Waals surface area contributed by atoms with Gasteiger partial charge in [0, 0.05) is 0 Å². The van der Waals surface area contributed by atoms with E-state index in [1.165, 1.54) is 0 Å². The van der Waals surface area contributed by atoms with Crippen LogP contribution in [0.3, 0.4) is 0 Å². The molecule has 0 amide bonds. The lowest BCUT2D eigenvalue weighted by atomic mass is 9.97. The molecule has 2 aromatic carbocycles. The Morgan fingerprint density at radius 2 is 1.20 bits per heavy atom. The van der Waals surface area contributed by atoms with Gasteiger partial charge < -0.3 is 9.47 Å². The highest BCUT2D eigenvalue weighted by molar-refractivity contribution is 5.86. The maximum Gasteiger partial charge on any atom is 0.373 e. The predicted octanol–water partition coefficient (Wildman–Crippen LogP) is 3.56. The monoisotopic (exact) mass is 266 g/mol. The third kappa shape index (κ3) is 2.30. The SMILES string of the molecule is C=C1OC(c2ccccc2)C(c2ccccc2)OC1=O. The molecule has 1 aliphatic heterocycles. The van der Waals surface area contributed by atoms with Gasteiger partial charge in [-0.25, -0.2) is 4.79 Å². The highest BCUT2D eigenvalue weighted by atomic mass is 16.6. The van der Waals surface area contributed by atoms with Crippen molar-refractivity contribution in [1.29, 1.82) is 0 Å². The Balaban J connectivity index is 2.00. The topological polar surface area (TPSA) is 35.5 Å². The zero-order valence-electron chi connectivity index (χ0n) is 10.9. The molecule has 2 aromatic rings. The van der Waals surface area contributed by atoms with E-state index in [1.807, 2.05) is 60.7 Å². The van der Waals surface area contributed by atoms with Crippen LogP contribution in [0.1, 0.15) is 23.3 Å². The Labute approximate surface area is 117 Å². The largest absolute Gasteiger partial charge is 0.474 e. The standard InChI is InChI=1S/C17H14O3/c1-12-17(18)20-16(14-10-6-3-7-11-14)15(19-12)13-8-4-2-5-9-13/h2-11,15-16H,1H2. The molecule has 20 heavy (non-hydrogen) atoms. The summed E-state index contributed by atoms with van der Waals surface area (Å²) in [5.41, 5.74) is 1.86. The van der Waals surface area contributed by atoms with Gasteiger partial charge in [0.15, 0.2) is 18.0 Å². The maximum absolute atomic E-state index is 11.7. The van der Waals surface area contributed by atoms with Crippen molar-refractivity contribution < 1.29 is 14.3 Å². The van der Waals surface area contributed by atoms with Crippen LogP contribution in [0, 0.1) is 0 Å². The van der Waals surface area contributed by atoms with Crippen LogP contribution in [0.4, 0.5) is 0 Å². The van der Waals surface area contributed by atoms with Crippen LogP contribution in [-0.2, 0) is 14.3 Å². The molecule has 3 heteroatoms. The first-order chi connectivity index (χ1) is 9.75. The highest BCUT2D eigenvalue weighted by Gasteiger charge is 2.36. The molecule has 1 fully saturated rings. The van der Waals surface area contributed by atoms with Crippen molar-refractivity contribution in [2.45, 2.75) is 12.2 Å². The van der Waals surface area contributed by atoms with Crippen molar-refractivity contribution in [3.05, 3.63) is 84.1 Å². The fourth-order valence-corrected chi connectivity index (χ4v) is 2.28. The van der Waals surface area contributed by atoms with Gasteiger partial charge in [0.05, 0.1) is 0 Å². The Morgan fingerprint density at radius 1 is 0.750 bits per heavy atom. The van der Waals surface area contributed by atoms with Crippen molar-refractivity contribution >= 4 is 5.97 Å². The number of cyclic esters (lactones) is 1. The smallest absolute Gasteiger partial charge is 0.373 e. The van der Waals surface area contributed by atoms with Gasteiger partial charge in [-0.1, -0.05) is 60.7 Å².